The topological polar surface area (TPSA) is 57.6 Å². The lowest BCUT2D eigenvalue weighted by Gasteiger charge is -2.19. The van der Waals surface area contributed by atoms with Crippen LogP contribution in [0.3, 0.4) is 0 Å². The van der Waals surface area contributed by atoms with Crippen molar-refractivity contribution in [1.82, 2.24) is 4.90 Å². The second-order valence-corrected chi connectivity index (χ2v) is 6.93. The van der Waals surface area contributed by atoms with Gasteiger partial charge in [0.1, 0.15) is 0 Å². The molecular formula is C18H20F3NO3. The van der Waals surface area contributed by atoms with Crippen LogP contribution in [0, 0.1) is 17.8 Å². The van der Waals surface area contributed by atoms with Crippen molar-refractivity contribution in [2.75, 3.05) is 13.1 Å². The van der Waals surface area contributed by atoms with Gasteiger partial charge in [0.2, 0.25) is 0 Å². The first kappa shape index (κ1) is 17.8. The Bertz CT molecular complexity index is 670. The molecule has 0 bridgehead atoms. The SMILES string of the molecule is O=C(O)[C@H]1CN(C(=O)c2ccccc2CCC(F)(F)F)C[C@@H]1C1CC1. The number of carbonyl (C=O) groups is 2. The summed E-state index contributed by atoms with van der Waals surface area (Å²) in [5.74, 6) is -1.56. The Morgan fingerprint density at radius 3 is 2.44 bits per heavy atom. The van der Waals surface area contributed by atoms with Gasteiger partial charge >= 0.3 is 12.1 Å². The van der Waals surface area contributed by atoms with Crippen molar-refractivity contribution in [3.8, 4) is 0 Å². The minimum atomic E-state index is -4.28. The van der Waals surface area contributed by atoms with Crippen LogP contribution in [0.5, 0.6) is 0 Å². The molecule has 0 unspecified atom stereocenters. The zero-order valence-electron chi connectivity index (χ0n) is 13.6. The van der Waals surface area contributed by atoms with Crippen LogP contribution in [0.15, 0.2) is 24.3 Å². The lowest BCUT2D eigenvalue weighted by Crippen LogP contribution is -2.30. The van der Waals surface area contributed by atoms with Crippen LogP contribution in [0.1, 0.15) is 35.2 Å². The summed E-state index contributed by atoms with van der Waals surface area (Å²) in [6.07, 6.45) is -3.56. The van der Waals surface area contributed by atoms with Crippen molar-refractivity contribution in [3.05, 3.63) is 35.4 Å². The van der Waals surface area contributed by atoms with E-state index in [-0.39, 0.29) is 30.4 Å². The van der Waals surface area contributed by atoms with Crippen molar-refractivity contribution in [2.45, 2.75) is 31.9 Å². The minimum Gasteiger partial charge on any atom is -0.481 e. The maximum Gasteiger partial charge on any atom is 0.389 e. The normalized spacial score (nSPS) is 23.7. The largest absolute Gasteiger partial charge is 0.481 e. The Kier molecular flexibility index (Phi) is 4.75. The van der Waals surface area contributed by atoms with Crippen LogP contribution < -0.4 is 0 Å². The van der Waals surface area contributed by atoms with Gasteiger partial charge in [-0.1, -0.05) is 18.2 Å². The molecule has 2 atom stereocenters. The standard InChI is InChI=1S/C18H20F3NO3/c19-18(20,21)8-7-11-3-1-2-4-13(11)16(23)22-9-14(12-5-6-12)15(10-22)17(24)25/h1-4,12,14-15H,5-10H2,(H,24,25)/t14-,15+/m1/s1. The number of carboxylic acid groups (broad SMARTS) is 1. The number of hydrogen-bond donors (Lipinski definition) is 1. The number of benzene rings is 1. The summed E-state index contributed by atoms with van der Waals surface area (Å²) >= 11 is 0. The van der Waals surface area contributed by atoms with Crippen molar-refractivity contribution in [3.63, 3.8) is 0 Å². The third kappa shape index (κ3) is 4.14. The molecule has 1 saturated carbocycles. The van der Waals surface area contributed by atoms with Crippen molar-refractivity contribution in [1.29, 1.82) is 0 Å². The number of amides is 1. The first-order chi connectivity index (χ1) is 11.8. The van der Waals surface area contributed by atoms with Crippen LogP contribution in [-0.4, -0.2) is 41.1 Å². The van der Waals surface area contributed by atoms with E-state index in [1.165, 1.54) is 17.0 Å². The third-order valence-electron chi connectivity index (χ3n) is 5.12. The zero-order valence-corrected chi connectivity index (χ0v) is 13.6. The van der Waals surface area contributed by atoms with E-state index < -0.39 is 24.5 Å². The highest BCUT2D eigenvalue weighted by molar-refractivity contribution is 5.96. The van der Waals surface area contributed by atoms with Crippen LogP contribution in [0.4, 0.5) is 13.2 Å². The lowest BCUT2D eigenvalue weighted by atomic mass is 9.92. The number of carboxylic acids is 1. The van der Waals surface area contributed by atoms with E-state index in [0.717, 1.165) is 12.8 Å². The molecule has 1 aromatic rings. The third-order valence-corrected chi connectivity index (χ3v) is 5.12. The molecule has 7 heteroatoms. The Hall–Kier alpha value is -2.05. The fourth-order valence-electron chi connectivity index (χ4n) is 3.65. The van der Waals surface area contributed by atoms with Gasteiger partial charge in [-0.05, 0) is 42.7 Å². The maximum absolute atomic E-state index is 12.8. The first-order valence-corrected chi connectivity index (χ1v) is 8.43. The van der Waals surface area contributed by atoms with E-state index in [0.29, 0.717) is 18.0 Å². The average Bonchev–Trinajstić information content (AvgIpc) is 3.30. The highest BCUT2D eigenvalue weighted by Crippen LogP contribution is 2.44. The molecule has 4 nitrogen and oxygen atoms in total. The van der Waals surface area contributed by atoms with Gasteiger partial charge in [0.05, 0.1) is 5.92 Å². The summed E-state index contributed by atoms with van der Waals surface area (Å²) in [5, 5.41) is 9.40. The number of likely N-dealkylation sites (tertiary alicyclic amines) is 1. The molecule has 1 saturated heterocycles. The first-order valence-electron chi connectivity index (χ1n) is 8.43. The molecule has 1 amide bonds. The summed E-state index contributed by atoms with van der Waals surface area (Å²) in [4.78, 5) is 25.8. The van der Waals surface area contributed by atoms with Gasteiger partial charge in [0, 0.05) is 25.1 Å². The molecule has 0 aromatic heterocycles. The number of rotatable bonds is 5. The van der Waals surface area contributed by atoms with E-state index in [2.05, 4.69) is 0 Å². The number of nitrogens with zero attached hydrogens (tertiary/aromatic N) is 1. The Labute approximate surface area is 143 Å². The molecule has 136 valence electrons. The molecule has 1 aliphatic carbocycles. The van der Waals surface area contributed by atoms with Crippen LogP contribution >= 0.6 is 0 Å². The lowest BCUT2D eigenvalue weighted by molar-refractivity contribution is -0.142. The van der Waals surface area contributed by atoms with E-state index in [1.807, 2.05) is 0 Å². The van der Waals surface area contributed by atoms with Gasteiger partial charge in [-0.25, -0.2) is 0 Å². The van der Waals surface area contributed by atoms with Gasteiger partial charge < -0.3 is 10.0 Å². The number of halogens is 3. The molecular weight excluding hydrogens is 335 g/mol. The van der Waals surface area contributed by atoms with E-state index >= 15 is 0 Å². The number of alkyl halides is 3. The molecule has 1 aromatic carbocycles. The van der Waals surface area contributed by atoms with Gasteiger partial charge in [0.25, 0.3) is 5.91 Å². The van der Waals surface area contributed by atoms with Crippen LogP contribution in [0.2, 0.25) is 0 Å². The molecule has 0 spiro atoms. The highest BCUT2D eigenvalue weighted by atomic mass is 19.4. The molecule has 3 rings (SSSR count). The minimum absolute atomic E-state index is 0.0520. The second-order valence-electron chi connectivity index (χ2n) is 6.93. The van der Waals surface area contributed by atoms with Gasteiger partial charge in [-0.15, -0.1) is 0 Å². The molecule has 25 heavy (non-hydrogen) atoms. The van der Waals surface area contributed by atoms with Crippen molar-refractivity contribution < 1.29 is 27.9 Å². The number of aliphatic carboxylic acids is 1. The number of hydrogen-bond acceptors (Lipinski definition) is 2. The number of carbonyl (C=O) groups excluding carboxylic acids is 1. The molecule has 1 heterocycles. The Balaban J connectivity index is 1.76. The zero-order chi connectivity index (χ0) is 18.2. The van der Waals surface area contributed by atoms with Crippen LogP contribution in [0.25, 0.3) is 0 Å². The average molecular weight is 355 g/mol. The summed E-state index contributed by atoms with van der Waals surface area (Å²) in [7, 11) is 0. The number of aryl methyl sites for hydroxylation is 1. The molecule has 2 aliphatic rings. The summed E-state index contributed by atoms with van der Waals surface area (Å²) in [6.45, 7) is 0.497. The van der Waals surface area contributed by atoms with Crippen molar-refractivity contribution >= 4 is 11.9 Å². The smallest absolute Gasteiger partial charge is 0.389 e. The van der Waals surface area contributed by atoms with Gasteiger partial charge in [-0.2, -0.15) is 13.2 Å². The predicted octanol–water partition coefficient (Wildman–Crippen LogP) is 3.36. The predicted molar refractivity (Wildman–Crippen MR) is 84.1 cm³/mol. The van der Waals surface area contributed by atoms with Gasteiger partial charge in [-0.3, -0.25) is 9.59 Å². The highest BCUT2D eigenvalue weighted by Gasteiger charge is 2.47. The molecule has 1 aliphatic heterocycles. The molecule has 1 N–H and O–H groups in total. The second kappa shape index (κ2) is 6.69. The molecule has 2 fully saturated rings. The van der Waals surface area contributed by atoms with Crippen LogP contribution in [-0.2, 0) is 11.2 Å². The van der Waals surface area contributed by atoms with E-state index in [4.69, 9.17) is 0 Å². The van der Waals surface area contributed by atoms with Gasteiger partial charge in [0.15, 0.2) is 0 Å². The Morgan fingerprint density at radius 1 is 1.16 bits per heavy atom. The fraction of sp³-hybridized carbons (Fsp3) is 0.556. The monoisotopic (exact) mass is 355 g/mol. The summed E-state index contributed by atoms with van der Waals surface area (Å²) < 4.78 is 37.5. The summed E-state index contributed by atoms with van der Waals surface area (Å²) in [6, 6.07) is 6.28. The summed E-state index contributed by atoms with van der Waals surface area (Å²) in [5.41, 5.74) is 0.596. The maximum atomic E-state index is 12.8. The fourth-order valence-corrected chi connectivity index (χ4v) is 3.65. The van der Waals surface area contributed by atoms with E-state index in [9.17, 15) is 27.9 Å². The quantitative estimate of drug-likeness (QED) is 0.881. The Morgan fingerprint density at radius 2 is 1.84 bits per heavy atom. The van der Waals surface area contributed by atoms with Crippen molar-refractivity contribution in [2.24, 2.45) is 17.8 Å². The van der Waals surface area contributed by atoms with E-state index in [1.54, 1.807) is 12.1 Å². The molecule has 0 radical (unpaired) electrons.